The Morgan fingerprint density at radius 1 is 1.02 bits per heavy atom. The summed E-state index contributed by atoms with van der Waals surface area (Å²) >= 11 is 0. The Kier molecular flexibility index (Phi) is 7.82. The van der Waals surface area contributed by atoms with Crippen LogP contribution in [-0.4, -0.2) is 71.7 Å². The summed E-state index contributed by atoms with van der Waals surface area (Å²) in [5.41, 5.74) is 1.88. The minimum absolute atomic E-state index is 0.109. The fourth-order valence-electron chi connectivity index (χ4n) is 5.13. The normalized spacial score (nSPS) is 14.8. The molecule has 2 N–H and O–H groups in total. The third kappa shape index (κ3) is 5.67. The van der Waals surface area contributed by atoms with Gasteiger partial charge in [-0.25, -0.2) is 15.0 Å². The Morgan fingerprint density at radius 3 is 2.37 bits per heavy atom. The maximum atomic E-state index is 14.0. The first-order valence-electron chi connectivity index (χ1n) is 13.0. The molecule has 0 atom stereocenters. The topological polar surface area (TPSA) is 104 Å². The molecule has 1 aliphatic rings. The molecular formula is C29H30F3N7O2. The van der Waals surface area contributed by atoms with Gasteiger partial charge in [0.15, 0.2) is 0 Å². The molecule has 1 aliphatic heterocycles. The summed E-state index contributed by atoms with van der Waals surface area (Å²) in [6, 6.07) is 12.0. The minimum atomic E-state index is -4.57. The van der Waals surface area contributed by atoms with E-state index in [1.165, 1.54) is 7.11 Å². The van der Waals surface area contributed by atoms with Crippen molar-refractivity contribution in [1.82, 2.24) is 24.8 Å². The van der Waals surface area contributed by atoms with Gasteiger partial charge < -0.3 is 24.3 Å². The van der Waals surface area contributed by atoms with E-state index in [9.17, 15) is 13.2 Å². The standard InChI is InChI=1S/C29H30F3N7O2/c1-33-27-21(16-22(36-27)19-9-12-35-23(15-19)41-4)28(34-2)39-13-10-18(11-14-39)26-37-24(25(38-26)29(30,31)32)17-5-7-20(40-3)8-6-17/h5-9,12,15-16,18,36H,1,10-11,13-14H2,2-4H3,(H,37,38). The number of piperidine rings is 1. The SMILES string of the molecule is C=Nc1[nH]c(-c2ccnc(OC)c2)cc1C(=NC)N1CCC(c2nc(-c3ccc(OC)cc3)c(C(F)(F)F)[nH]2)CC1. The monoisotopic (exact) mass is 565 g/mol. The van der Waals surface area contributed by atoms with Crippen molar-refractivity contribution in [1.29, 1.82) is 0 Å². The van der Waals surface area contributed by atoms with E-state index in [1.54, 1.807) is 44.6 Å². The highest BCUT2D eigenvalue weighted by molar-refractivity contribution is 6.04. The van der Waals surface area contributed by atoms with Gasteiger partial charge in [0.1, 0.15) is 34.6 Å². The van der Waals surface area contributed by atoms with Gasteiger partial charge in [-0.2, -0.15) is 13.2 Å². The average molecular weight is 566 g/mol. The maximum absolute atomic E-state index is 14.0. The van der Waals surface area contributed by atoms with Crippen LogP contribution in [0.25, 0.3) is 22.5 Å². The fraction of sp³-hybridized carbons (Fsp3) is 0.310. The smallest absolute Gasteiger partial charge is 0.433 e. The highest BCUT2D eigenvalue weighted by Crippen LogP contribution is 2.39. The molecular weight excluding hydrogens is 535 g/mol. The third-order valence-corrected chi connectivity index (χ3v) is 7.21. The summed E-state index contributed by atoms with van der Waals surface area (Å²) in [6.07, 6.45) is -1.71. The van der Waals surface area contributed by atoms with E-state index in [4.69, 9.17) is 9.47 Å². The Balaban J connectivity index is 1.36. The number of ether oxygens (including phenoxy) is 2. The fourth-order valence-corrected chi connectivity index (χ4v) is 5.13. The summed E-state index contributed by atoms with van der Waals surface area (Å²) < 4.78 is 52.2. The van der Waals surface area contributed by atoms with Gasteiger partial charge >= 0.3 is 6.18 Å². The Hall–Kier alpha value is -4.61. The van der Waals surface area contributed by atoms with Crippen LogP contribution in [0.3, 0.4) is 0 Å². The Morgan fingerprint density at radius 2 is 1.76 bits per heavy atom. The van der Waals surface area contributed by atoms with E-state index in [-0.39, 0.29) is 11.6 Å². The molecule has 4 heterocycles. The zero-order valence-corrected chi connectivity index (χ0v) is 22.9. The second-order valence-corrected chi connectivity index (χ2v) is 9.57. The van der Waals surface area contributed by atoms with Crippen molar-refractivity contribution in [2.45, 2.75) is 24.9 Å². The van der Waals surface area contributed by atoms with Crippen LogP contribution in [-0.2, 0) is 6.18 Å². The maximum Gasteiger partial charge on any atom is 0.433 e. The molecule has 0 unspecified atom stereocenters. The number of likely N-dealkylation sites (tertiary alicyclic amines) is 1. The molecule has 0 aliphatic carbocycles. The zero-order valence-electron chi connectivity index (χ0n) is 22.9. The molecule has 3 aromatic heterocycles. The van der Waals surface area contributed by atoms with Crippen molar-refractivity contribution in [3.63, 3.8) is 0 Å². The number of amidine groups is 1. The first kappa shape index (κ1) is 27.9. The summed E-state index contributed by atoms with van der Waals surface area (Å²) in [5, 5.41) is 0. The lowest BCUT2D eigenvalue weighted by atomic mass is 9.95. The summed E-state index contributed by atoms with van der Waals surface area (Å²) in [5.74, 6) is 2.51. The van der Waals surface area contributed by atoms with Crippen molar-refractivity contribution < 1.29 is 22.6 Å². The zero-order chi connectivity index (χ0) is 29.1. The molecule has 41 heavy (non-hydrogen) atoms. The molecule has 12 heteroatoms. The molecule has 1 fully saturated rings. The van der Waals surface area contributed by atoms with Gasteiger partial charge in [0.05, 0.1) is 19.8 Å². The number of halogens is 3. The number of aromatic nitrogens is 4. The molecule has 1 saturated heterocycles. The lowest BCUT2D eigenvalue weighted by Gasteiger charge is -2.33. The minimum Gasteiger partial charge on any atom is -0.497 e. The van der Waals surface area contributed by atoms with Gasteiger partial charge in [0.25, 0.3) is 0 Å². The van der Waals surface area contributed by atoms with Crippen LogP contribution in [0.5, 0.6) is 11.6 Å². The van der Waals surface area contributed by atoms with Crippen LogP contribution in [0, 0.1) is 0 Å². The summed E-state index contributed by atoms with van der Waals surface area (Å²) in [4.78, 5) is 25.3. The van der Waals surface area contributed by atoms with E-state index < -0.39 is 11.9 Å². The second-order valence-electron chi connectivity index (χ2n) is 9.57. The van der Waals surface area contributed by atoms with Crippen molar-refractivity contribution in [2.75, 3.05) is 34.4 Å². The van der Waals surface area contributed by atoms with Crippen LogP contribution in [0.15, 0.2) is 58.6 Å². The highest BCUT2D eigenvalue weighted by Gasteiger charge is 2.38. The van der Waals surface area contributed by atoms with E-state index in [0.29, 0.717) is 54.8 Å². The van der Waals surface area contributed by atoms with Crippen molar-refractivity contribution >= 4 is 18.4 Å². The van der Waals surface area contributed by atoms with Gasteiger partial charge in [0, 0.05) is 55.1 Å². The molecule has 0 spiro atoms. The van der Waals surface area contributed by atoms with Gasteiger partial charge in [-0.15, -0.1) is 0 Å². The predicted octanol–water partition coefficient (Wildman–Crippen LogP) is 6.09. The summed E-state index contributed by atoms with van der Waals surface area (Å²) in [6.45, 7) is 4.87. The number of aromatic amines is 2. The second kappa shape index (κ2) is 11.5. The van der Waals surface area contributed by atoms with E-state index >= 15 is 0 Å². The molecule has 0 saturated carbocycles. The average Bonchev–Trinajstić information content (AvgIpc) is 3.64. The van der Waals surface area contributed by atoms with Gasteiger partial charge in [-0.3, -0.25) is 4.99 Å². The van der Waals surface area contributed by atoms with Crippen LogP contribution < -0.4 is 9.47 Å². The number of methoxy groups -OCH3 is 2. The molecule has 214 valence electrons. The lowest BCUT2D eigenvalue weighted by molar-refractivity contribution is -0.140. The van der Waals surface area contributed by atoms with Gasteiger partial charge in [-0.1, -0.05) is 0 Å². The number of H-pyrrole nitrogens is 2. The van der Waals surface area contributed by atoms with E-state index in [1.807, 2.05) is 18.2 Å². The molecule has 9 nitrogen and oxygen atoms in total. The van der Waals surface area contributed by atoms with Crippen LogP contribution in [0.1, 0.15) is 35.8 Å². The number of hydrogen-bond acceptors (Lipinski definition) is 6. The number of rotatable bonds is 7. The first-order valence-corrected chi connectivity index (χ1v) is 13.0. The Labute approximate surface area is 235 Å². The van der Waals surface area contributed by atoms with E-state index in [0.717, 1.165) is 22.7 Å². The van der Waals surface area contributed by atoms with Crippen molar-refractivity contribution in [2.24, 2.45) is 9.98 Å². The van der Waals surface area contributed by atoms with Crippen LogP contribution in [0.4, 0.5) is 19.0 Å². The lowest BCUT2D eigenvalue weighted by Crippen LogP contribution is -2.38. The molecule has 5 rings (SSSR count). The number of benzene rings is 1. The number of alkyl halides is 3. The Bertz CT molecular complexity index is 1550. The number of nitrogens with one attached hydrogen (secondary N) is 2. The first-order chi connectivity index (χ1) is 19.7. The number of pyridine rings is 1. The largest absolute Gasteiger partial charge is 0.497 e. The number of hydrogen-bond donors (Lipinski definition) is 2. The number of nitrogens with zero attached hydrogens (tertiary/aromatic N) is 5. The highest BCUT2D eigenvalue weighted by atomic mass is 19.4. The molecule has 0 amide bonds. The van der Waals surface area contributed by atoms with Crippen LogP contribution in [0.2, 0.25) is 0 Å². The predicted molar refractivity (Wildman–Crippen MR) is 151 cm³/mol. The van der Waals surface area contributed by atoms with Gasteiger partial charge in [-0.05, 0) is 56.0 Å². The third-order valence-electron chi connectivity index (χ3n) is 7.21. The molecule has 1 aromatic carbocycles. The summed E-state index contributed by atoms with van der Waals surface area (Å²) in [7, 11) is 4.77. The quantitative estimate of drug-likeness (QED) is 0.209. The number of imidazole rings is 1. The molecule has 0 bridgehead atoms. The molecule has 4 aromatic rings. The van der Waals surface area contributed by atoms with Crippen molar-refractivity contribution in [3.8, 4) is 34.1 Å². The van der Waals surface area contributed by atoms with E-state index in [2.05, 4.69) is 41.5 Å². The van der Waals surface area contributed by atoms with Gasteiger partial charge in [0.2, 0.25) is 5.88 Å². The van der Waals surface area contributed by atoms with Crippen molar-refractivity contribution in [3.05, 3.63) is 65.7 Å². The van der Waals surface area contributed by atoms with Crippen LogP contribution >= 0.6 is 0 Å². The number of aliphatic imine (C=N–C) groups is 2. The molecule has 0 radical (unpaired) electrons.